The van der Waals surface area contributed by atoms with Gasteiger partial charge in [-0.2, -0.15) is 0 Å². The highest BCUT2D eigenvalue weighted by Gasteiger charge is 2.28. The van der Waals surface area contributed by atoms with E-state index in [9.17, 15) is 0 Å². The van der Waals surface area contributed by atoms with Crippen LogP contribution in [0, 0.1) is 0 Å². The summed E-state index contributed by atoms with van der Waals surface area (Å²) in [5, 5.41) is 0. The topological polar surface area (TPSA) is 3.24 Å². The summed E-state index contributed by atoms with van der Waals surface area (Å²) in [6.07, 6.45) is 1.30. The zero-order valence-corrected chi connectivity index (χ0v) is 12.1. The summed E-state index contributed by atoms with van der Waals surface area (Å²) < 4.78 is 1.35. The second-order valence-corrected chi connectivity index (χ2v) is 4.26. The minimum atomic E-state index is 0. The Morgan fingerprint density at radius 1 is 1.00 bits per heavy atom. The van der Waals surface area contributed by atoms with Gasteiger partial charge in [0, 0.05) is 13.1 Å². The maximum Gasteiger partial charge on any atom is 0.0916 e. The second kappa shape index (κ2) is 7.01. The molecule has 1 fully saturated rings. The molecule has 1 aliphatic heterocycles. The molecule has 3 heteroatoms. The average molecular weight is 312 g/mol. The number of piperazine rings is 1. The molecule has 86 valence electrons. The molecule has 0 radical (unpaired) electrons. The molecule has 1 saturated heterocycles. The van der Waals surface area contributed by atoms with Gasteiger partial charge in [0.2, 0.25) is 0 Å². The molecule has 0 bridgehead atoms. The van der Waals surface area contributed by atoms with Crippen LogP contribution in [0.15, 0.2) is 0 Å². The number of rotatable bonds is 4. The van der Waals surface area contributed by atoms with Crippen molar-refractivity contribution in [2.45, 2.75) is 27.2 Å². The Hall–Kier alpha value is 0.650. The van der Waals surface area contributed by atoms with Crippen molar-refractivity contribution < 1.29 is 28.5 Å². The first kappa shape index (κ1) is 14.6. The lowest BCUT2D eigenvalue weighted by atomic mass is 10.2. The van der Waals surface area contributed by atoms with Crippen LogP contribution < -0.4 is 24.0 Å². The highest BCUT2D eigenvalue weighted by atomic mass is 127. The Morgan fingerprint density at radius 2 is 1.50 bits per heavy atom. The van der Waals surface area contributed by atoms with E-state index in [1.165, 1.54) is 56.7 Å². The Morgan fingerprint density at radius 3 is 1.86 bits per heavy atom. The van der Waals surface area contributed by atoms with Crippen molar-refractivity contribution in [3.05, 3.63) is 0 Å². The van der Waals surface area contributed by atoms with Crippen molar-refractivity contribution in [2.75, 3.05) is 45.8 Å². The molecule has 1 heterocycles. The van der Waals surface area contributed by atoms with Crippen LogP contribution in [0.1, 0.15) is 27.2 Å². The third-order valence-corrected chi connectivity index (χ3v) is 3.66. The van der Waals surface area contributed by atoms with E-state index in [0.717, 1.165) is 0 Å². The van der Waals surface area contributed by atoms with Crippen molar-refractivity contribution in [2.24, 2.45) is 0 Å². The largest absolute Gasteiger partial charge is 1.00 e. The SMILES string of the molecule is CCCN1CC[N+](CC)(CC)CC1.[I-]. The van der Waals surface area contributed by atoms with Crippen LogP contribution >= 0.6 is 0 Å². The first-order chi connectivity index (χ1) is 6.26. The van der Waals surface area contributed by atoms with E-state index in [-0.39, 0.29) is 24.0 Å². The maximum absolute atomic E-state index is 2.61. The van der Waals surface area contributed by atoms with E-state index in [1.54, 1.807) is 0 Å². The molecule has 1 rings (SSSR count). The van der Waals surface area contributed by atoms with Gasteiger partial charge in [-0.05, 0) is 26.8 Å². The summed E-state index contributed by atoms with van der Waals surface area (Å²) >= 11 is 0. The Bertz CT molecular complexity index is 136. The molecule has 0 amide bonds. The van der Waals surface area contributed by atoms with Gasteiger partial charge in [-0.15, -0.1) is 0 Å². The summed E-state index contributed by atoms with van der Waals surface area (Å²) in [5.41, 5.74) is 0. The highest BCUT2D eigenvalue weighted by molar-refractivity contribution is 4.62. The van der Waals surface area contributed by atoms with E-state index < -0.39 is 0 Å². The fraction of sp³-hybridized carbons (Fsp3) is 1.00. The quantitative estimate of drug-likeness (QED) is 0.455. The summed E-state index contributed by atoms with van der Waals surface area (Å²) in [5.74, 6) is 0. The summed E-state index contributed by atoms with van der Waals surface area (Å²) in [6.45, 7) is 16.2. The van der Waals surface area contributed by atoms with Gasteiger partial charge in [-0.1, -0.05) is 6.92 Å². The number of likely N-dealkylation sites (N-methyl/N-ethyl adjacent to an activating group) is 1. The lowest BCUT2D eigenvalue weighted by molar-refractivity contribution is -0.928. The Kier molecular flexibility index (Phi) is 7.34. The van der Waals surface area contributed by atoms with Crippen molar-refractivity contribution in [1.29, 1.82) is 0 Å². The van der Waals surface area contributed by atoms with Gasteiger partial charge in [-0.3, -0.25) is 4.90 Å². The fourth-order valence-electron chi connectivity index (χ4n) is 2.33. The lowest BCUT2D eigenvalue weighted by Crippen LogP contribution is -3.00. The fourth-order valence-corrected chi connectivity index (χ4v) is 2.33. The van der Waals surface area contributed by atoms with Crippen molar-refractivity contribution in [1.82, 2.24) is 4.90 Å². The molecule has 0 N–H and O–H groups in total. The van der Waals surface area contributed by atoms with Crippen LogP contribution in [0.25, 0.3) is 0 Å². The number of hydrogen-bond acceptors (Lipinski definition) is 1. The predicted molar refractivity (Wildman–Crippen MR) is 57.8 cm³/mol. The molecular formula is C11H25IN2. The molecular weight excluding hydrogens is 287 g/mol. The molecule has 0 aliphatic carbocycles. The molecule has 1 aliphatic rings. The standard InChI is InChI=1S/C11H25N2.HI/c1-4-7-12-8-10-13(5-2,6-3)11-9-12;/h4-11H2,1-3H3;1H/q+1;/p-1. The molecule has 0 atom stereocenters. The monoisotopic (exact) mass is 312 g/mol. The van der Waals surface area contributed by atoms with Crippen LogP contribution in [0.5, 0.6) is 0 Å². The van der Waals surface area contributed by atoms with Gasteiger partial charge >= 0.3 is 0 Å². The highest BCUT2D eigenvalue weighted by Crippen LogP contribution is 2.12. The normalized spacial score (nSPS) is 21.6. The minimum Gasteiger partial charge on any atom is -1.00 e. The van der Waals surface area contributed by atoms with Gasteiger partial charge < -0.3 is 28.5 Å². The predicted octanol–water partition coefficient (Wildman–Crippen LogP) is -1.43. The maximum atomic E-state index is 2.61. The molecule has 0 aromatic rings. The molecule has 2 nitrogen and oxygen atoms in total. The zero-order chi connectivity index (χ0) is 9.73. The molecule has 0 unspecified atom stereocenters. The summed E-state index contributed by atoms with van der Waals surface area (Å²) in [4.78, 5) is 2.61. The van der Waals surface area contributed by atoms with Crippen molar-refractivity contribution in [3.63, 3.8) is 0 Å². The average Bonchev–Trinajstić information content (AvgIpc) is 2.20. The third-order valence-electron chi connectivity index (χ3n) is 3.66. The smallest absolute Gasteiger partial charge is 0.0916 e. The van der Waals surface area contributed by atoms with E-state index in [0.29, 0.717) is 0 Å². The Labute approximate surface area is 106 Å². The first-order valence-corrected chi connectivity index (χ1v) is 5.83. The molecule has 0 saturated carbocycles. The van der Waals surface area contributed by atoms with Gasteiger partial charge in [0.1, 0.15) is 0 Å². The van der Waals surface area contributed by atoms with Gasteiger partial charge in [0.25, 0.3) is 0 Å². The van der Waals surface area contributed by atoms with E-state index in [2.05, 4.69) is 25.7 Å². The van der Waals surface area contributed by atoms with Gasteiger partial charge in [0.15, 0.2) is 0 Å². The second-order valence-electron chi connectivity index (χ2n) is 4.26. The van der Waals surface area contributed by atoms with E-state index in [4.69, 9.17) is 0 Å². The van der Waals surface area contributed by atoms with Gasteiger partial charge in [-0.25, -0.2) is 0 Å². The first-order valence-electron chi connectivity index (χ1n) is 5.83. The minimum absolute atomic E-state index is 0. The van der Waals surface area contributed by atoms with E-state index >= 15 is 0 Å². The molecule has 0 aromatic heterocycles. The van der Waals surface area contributed by atoms with Crippen LogP contribution in [-0.4, -0.2) is 55.2 Å². The van der Waals surface area contributed by atoms with Crippen LogP contribution in [0.2, 0.25) is 0 Å². The van der Waals surface area contributed by atoms with Crippen LogP contribution in [-0.2, 0) is 0 Å². The zero-order valence-electron chi connectivity index (χ0n) is 9.93. The summed E-state index contributed by atoms with van der Waals surface area (Å²) in [7, 11) is 0. The number of quaternary nitrogens is 1. The van der Waals surface area contributed by atoms with Crippen LogP contribution in [0.4, 0.5) is 0 Å². The van der Waals surface area contributed by atoms with Crippen LogP contribution in [0.3, 0.4) is 0 Å². The number of nitrogens with zero attached hydrogens (tertiary/aromatic N) is 2. The van der Waals surface area contributed by atoms with Gasteiger partial charge in [0.05, 0.1) is 26.2 Å². The number of hydrogen-bond donors (Lipinski definition) is 0. The Balaban J connectivity index is 0.00000169. The lowest BCUT2D eigenvalue weighted by Gasteiger charge is -2.43. The number of halogens is 1. The molecule has 0 aromatic carbocycles. The molecule has 14 heavy (non-hydrogen) atoms. The van der Waals surface area contributed by atoms with Crippen molar-refractivity contribution in [3.8, 4) is 0 Å². The third kappa shape index (κ3) is 3.66. The summed E-state index contributed by atoms with van der Waals surface area (Å²) in [6, 6.07) is 0. The van der Waals surface area contributed by atoms with Crippen molar-refractivity contribution >= 4 is 0 Å². The molecule has 0 spiro atoms. The van der Waals surface area contributed by atoms with E-state index in [1.807, 2.05) is 0 Å².